The van der Waals surface area contributed by atoms with E-state index in [1.807, 2.05) is 0 Å². The number of hydrogen-bond donors (Lipinski definition) is 0. The van der Waals surface area contributed by atoms with Gasteiger partial charge in [0.05, 0.1) is 11.6 Å². The molecular weight excluding hydrogens is 362 g/mol. The molecule has 0 unspecified atom stereocenters. The van der Waals surface area contributed by atoms with Crippen LogP contribution in [0.25, 0.3) is 11.3 Å². The molecule has 0 radical (unpaired) electrons. The molecule has 0 saturated heterocycles. The summed E-state index contributed by atoms with van der Waals surface area (Å²) in [6.45, 7) is 3.78. The average Bonchev–Trinajstić information content (AvgIpc) is 2.83. The molecule has 1 aliphatic heterocycles. The molecular formula is C17H12ClF4NO2. The number of aromatic nitrogens is 1. The van der Waals surface area contributed by atoms with Gasteiger partial charge in [-0.1, -0.05) is 25.4 Å². The van der Waals surface area contributed by atoms with Crippen molar-refractivity contribution in [2.45, 2.75) is 25.4 Å². The van der Waals surface area contributed by atoms with E-state index in [4.69, 9.17) is 16.3 Å². The number of ketones is 1. The highest BCUT2D eigenvalue weighted by Crippen LogP contribution is 2.45. The van der Waals surface area contributed by atoms with Crippen LogP contribution in [0, 0.1) is 5.82 Å². The Kier molecular flexibility index (Phi) is 4.02. The fourth-order valence-corrected chi connectivity index (χ4v) is 2.79. The summed E-state index contributed by atoms with van der Waals surface area (Å²) in [5.74, 6) is -2.45. The number of benzene rings is 1. The van der Waals surface area contributed by atoms with Crippen molar-refractivity contribution < 1.29 is 27.1 Å². The van der Waals surface area contributed by atoms with Crippen LogP contribution in [0.4, 0.5) is 17.6 Å². The van der Waals surface area contributed by atoms with Crippen LogP contribution in [0.2, 0.25) is 5.02 Å². The zero-order chi connectivity index (χ0) is 18.6. The van der Waals surface area contributed by atoms with Crippen molar-refractivity contribution in [2.75, 3.05) is 6.61 Å². The molecule has 0 spiro atoms. The Morgan fingerprint density at radius 2 is 1.96 bits per heavy atom. The summed E-state index contributed by atoms with van der Waals surface area (Å²) in [5, 5.41) is -0.210. The third-order valence-electron chi connectivity index (χ3n) is 3.96. The minimum atomic E-state index is -5.05. The summed E-state index contributed by atoms with van der Waals surface area (Å²) in [7, 11) is 0. The number of carbonyl (C=O) groups excluding carboxylic acids is 1. The van der Waals surface area contributed by atoms with Crippen LogP contribution in [0.3, 0.4) is 0 Å². The lowest BCUT2D eigenvalue weighted by Gasteiger charge is -2.17. The van der Waals surface area contributed by atoms with Gasteiger partial charge in [-0.05, 0) is 24.3 Å². The van der Waals surface area contributed by atoms with Gasteiger partial charge in [-0.15, -0.1) is 0 Å². The second-order valence-electron chi connectivity index (χ2n) is 6.36. The predicted octanol–water partition coefficient (Wildman–Crippen LogP) is 4.96. The van der Waals surface area contributed by atoms with E-state index >= 15 is 0 Å². The molecule has 2 heterocycles. The molecule has 1 aromatic carbocycles. The monoisotopic (exact) mass is 373 g/mol. The Hall–Kier alpha value is -2.15. The van der Waals surface area contributed by atoms with Gasteiger partial charge in [0, 0.05) is 16.5 Å². The Labute approximate surface area is 145 Å². The standard InChI is InChI=1S/C17H12ClF4NO2/c1-16(2)7-25-14-9(16)6-12(15(24)17(20,21)22)23-13(14)8-3-4-11(19)10(18)5-8/h3-6H,7H2,1-2H3. The van der Waals surface area contributed by atoms with Crippen LogP contribution < -0.4 is 4.74 Å². The summed E-state index contributed by atoms with van der Waals surface area (Å²) in [5.41, 5.74) is -0.613. The fraction of sp³-hybridized carbons (Fsp3) is 0.294. The maximum atomic E-state index is 13.4. The Morgan fingerprint density at radius 3 is 2.56 bits per heavy atom. The largest absolute Gasteiger partial charge is 0.490 e. The normalized spacial score (nSPS) is 15.6. The topological polar surface area (TPSA) is 39.2 Å². The van der Waals surface area contributed by atoms with Gasteiger partial charge in [-0.25, -0.2) is 9.37 Å². The van der Waals surface area contributed by atoms with E-state index < -0.39 is 28.9 Å². The third-order valence-corrected chi connectivity index (χ3v) is 4.25. The van der Waals surface area contributed by atoms with Crippen molar-refractivity contribution in [3.63, 3.8) is 0 Å². The second kappa shape index (κ2) is 5.69. The van der Waals surface area contributed by atoms with Crippen molar-refractivity contribution in [3.8, 4) is 17.0 Å². The number of Topliss-reactive ketones (excluding diaryl/α,β-unsaturated/α-hetero) is 1. The lowest BCUT2D eigenvalue weighted by atomic mass is 9.86. The van der Waals surface area contributed by atoms with E-state index in [1.54, 1.807) is 13.8 Å². The quantitative estimate of drug-likeness (QED) is 0.552. The molecule has 2 aromatic rings. The highest BCUT2D eigenvalue weighted by molar-refractivity contribution is 6.31. The summed E-state index contributed by atoms with van der Waals surface area (Å²) in [4.78, 5) is 15.5. The lowest BCUT2D eigenvalue weighted by Crippen LogP contribution is -2.25. The first-order valence-electron chi connectivity index (χ1n) is 7.26. The predicted molar refractivity (Wildman–Crippen MR) is 83.5 cm³/mol. The van der Waals surface area contributed by atoms with Crippen molar-refractivity contribution in [1.29, 1.82) is 0 Å². The Morgan fingerprint density at radius 1 is 1.28 bits per heavy atom. The molecule has 0 aliphatic carbocycles. The molecule has 1 aliphatic rings. The molecule has 0 atom stereocenters. The SMILES string of the molecule is CC1(C)COc2c1cc(C(=O)C(F)(F)F)nc2-c1ccc(F)c(Cl)c1. The van der Waals surface area contributed by atoms with Gasteiger partial charge in [0.25, 0.3) is 5.78 Å². The molecule has 0 bridgehead atoms. The van der Waals surface area contributed by atoms with E-state index in [0.717, 1.165) is 12.1 Å². The first kappa shape index (κ1) is 17.7. The lowest BCUT2D eigenvalue weighted by molar-refractivity contribution is -0.0888. The smallest absolute Gasteiger partial charge is 0.456 e. The number of rotatable bonds is 2. The van der Waals surface area contributed by atoms with Gasteiger partial charge in [-0.2, -0.15) is 13.2 Å². The fourth-order valence-electron chi connectivity index (χ4n) is 2.61. The minimum Gasteiger partial charge on any atom is -0.490 e. The van der Waals surface area contributed by atoms with Gasteiger partial charge in [0.1, 0.15) is 23.0 Å². The molecule has 25 heavy (non-hydrogen) atoms. The van der Waals surface area contributed by atoms with Crippen molar-refractivity contribution in [3.05, 3.63) is 46.4 Å². The molecule has 1 aromatic heterocycles. The van der Waals surface area contributed by atoms with Gasteiger partial charge >= 0.3 is 6.18 Å². The summed E-state index contributed by atoms with van der Waals surface area (Å²) in [6, 6.07) is 4.73. The van der Waals surface area contributed by atoms with Crippen LogP contribution in [0.1, 0.15) is 29.9 Å². The summed E-state index contributed by atoms with van der Waals surface area (Å²) >= 11 is 5.76. The zero-order valence-electron chi connectivity index (χ0n) is 13.2. The molecule has 0 fully saturated rings. The second-order valence-corrected chi connectivity index (χ2v) is 6.77. The van der Waals surface area contributed by atoms with Crippen molar-refractivity contribution in [2.24, 2.45) is 0 Å². The zero-order valence-corrected chi connectivity index (χ0v) is 13.9. The molecule has 8 heteroatoms. The van der Waals surface area contributed by atoms with E-state index in [2.05, 4.69) is 4.98 Å². The van der Waals surface area contributed by atoms with Crippen LogP contribution in [-0.2, 0) is 5.41 Å². The van der Waals surface area contributed by atoms with Gasteiger partial charge < -0.3 is 4.74 Å². The summed E-state index contributed by atoms with van der Waals surface area (Å²) < 4.78 is 57.5. The van der Waals surface area contributed by atoms with E-state index in [-0.39, 0.29) is 28.6 Å². The van der Waals surface area contributed by atoms with Crippen LogP contribution in [0.5, 0.6) is 5.75 Å². The van der Waals surface area contributed by atoms with E-state index in [0.29, 0.717) is 5.56 Å². The molecule has 3 nitrogen and oxygen atoms in total. The molecule has 132 valence electrons. The highest BCUT2D eigenvalue weighted by atomic mass is 35.5. The number of alkyl halides is 3. The van der Waals surface area contributed by atoms with Crippen molar-refractivity contribution >= 4 is 17.4 Å². The number of halogens is 5. The van der Waals surface area contributed by atoms with Gasteiger partial charge in [-0.3, -0.25) is 4.79 Å². The van der Waals surface area contributed by atoms with E-state index in [1.165, 1.54) is 12.1 Å². The Bertz CT molecular complexity index is 878. The highest BCUT2D eigenvalue weighted by Gasteiger charge is 2.43. The molecule has 0 amide bonds. The van der Waals surface area contributed by atoms with Crippen LogP contribution >= 0.6 is 11.6 Å². The number of carbonyl (C=O) groups is 1. The molecule has 0 saturated carbocycles. The number of hydrogen-bond acceptors (Lipinski definition) is 3. The van der Waals surface area contributed by atoms with Gasteiger partial charge in [0.15, 0.2) is 0 Å². The molecule has 0 N–H and O–H groups in total. The van der Waals surface area contributed by atoms with Crippen molar-refractivity contribution in [1.82, 2.24) is 4.98 Å². The first-order chi connectivity index (χ1) is 11.5. The summed E-state index contributed by atoms with van der Waals surface area (Å²) in [6.07, 6.45) is -5.05. The number of ether oxygens (including phenoxy) is 1. The number of pyridine rings is 1. The maximum absolute atomic E-state index is 13.4. The minimum absolute atomic E-state index is 0.0255. The first-order valence-corrected chi connectivity index (χ1v) is 7.64. The number of fused-ring (bicyclic) bond motifs is 1. The Balaban J connectivity index is 2.26. The van der Waals surface area contributed by atoms with Crippen LogP contribution in [0.15, 0.2) is 24.3 Å². The maximum Gasteiger partial charge on any atom is 0.456 e. The third kappa shape index (κ3) is 3.08. The average molecular weight is 374 g/mol. The van der Waals surface area contributed by atoms with E-state index in [9.17, 15) is 22.4 Å². The number of nitrogens with zero attached hydrogens (tertiary/aromatic N) is 1. The molecule has 3 rings (SSSR count). The van der Waals surface area contributed by atoms with Gasteiger partial charge in [0.2, 0.25) is 0 Å². The van der Waals surface area contributed by atoms with Crippen LogP contribution in [-0.4, -0.2) is 23.6 Å².